The summed E-state index contributed by atoms with van der Waals surface area (Å²) >= 11 is 0. The van der Waals surface area contributed by atoms with E-state index in [0.29, 0.717) is 6.54 Å². The first-order chi connectivity index (χ1) is 8.22. The van der Waals surface area contributed by atoms with Crippen LogP contribution in [0.5, 0.6) is 0 Å². The maximum absolute atomic E-state index is 11.3. The number of hydrogen-bond acceptors (Lipinski definition) is 4. The summed E-state index contributed by atoms with van der Waals surface area (Å²) in [7, 11) is -0.789. The van der Waals surface area contributed by atoms with Crippen molar-refractivity contribution in [3.8, 4) is 0 Å². The van der Waals surface area contributed by atoms with Gasteiger partial charge in [0.05, 0.1) is 0 Å². The Morgan fingerprint density at radius 3 is 2.44 bits per heavy atom. The van der Waals surface area contributed by atoms with Crippen LogP contribution in [0.4, 0.5) is 4.79 Å². The van der Waals surface area contributed by atoms with Crippen molar-refractivity contribution in [3.63, 3.8) is 0 Å². The Morgan fingerprint density at radius 1 is 1.33 bits per heavy atom. The highest BCUT2D eigenvalue weighted by Crippen LogP contribution is 2.06. The lowest BCUT2D eigenvalue weighted by Crippen LogP contribution is -2.34. The molecule has 0 aliphatic rings. The second-order valence-electron chi connectivity index (χ2n) is 5.30. The average Bonchev–Trinajstić information content (AvgIpc) is 2.19. The van der Waals surface area contributed by atoms with E-state index in [1.807, 2.05) is 27.7 Å². The van der Waals surface area contributed by atoms with Crippen molar-refractivity contribution in [3.05, 3.63) is 0 Å². The molecule has 0 aliphatic carbocycles. The van der Waals surface area contributed by atoms with Gasteiger partial charge < -0.3 is 15.4 Å². The summed E-state index contributed by atoms with van der Waals surface area (Å²) < 4.78 is 16.2. The van der Waals surface area contributed by atoms with E-state index in [1.165, 1.54) is 0 Å². The standard InChI is InChI=1S/C12H26N2O3S/c1-10(18(5)16)9-13-7-6-8-14-11(15)17-12(2,3)4/h10,13H,6-9H2,1-5H3,(H,14,15). The molecule has 0 aromatic rings. The smallest absolute Gasteiger partial charge is 0.407 e. The Bertz CT molecular complexity index is 277. The molecule has 18 heavy (non-hydrogen) atoms. The first-order valence-corrected chi connectivity index (χ1v) is 7.84. The Kier molecular flexibility index (Phi) is 8.18. The van der Waals surface area contributed by atoms with Crippen LogP contribution in [0.25, 0.3) is 0 Å². The van der Waals surface area contributed by atoms with Gasteiger partial charge in [-0.25, -0.2) is 4.79 Å². The quantitative estimate of drug-likeness (QED) is 0.688. The van der Waals surface area contributed by atoms with Crippen LogP contribution in [0, 0.1) is 0 Å². The first kappa shape index (κ1) is 17.4. The monoisotopic (exact) mass is 278 g/mol. The Morgan fingerprint density at radius 2 is 1.94 bits per heavy atom. The molecule has 0 aliphatic heterocycles. The molecule has 0 bridgehead atoms. The summed E-state index contributed by atoms with van der Waals surface area (Å²) in [6.07, 6.45) is 2.14. The van der Waals surface area contributed by atoms with Crippen molar-refractivity contribution in [1.29, 1.82) is 0 Å². The third-order valence-electron chi connectivity index (χ3n) is 2.20. The molecule has 0 aromatic heterocycles. The lowest BCUT2D eigenvalue weighted by molar-refractivity contribution is 0.0527. The normalized spacial score (nSPS) is 14.9. The first-order valence-electron chi connectivity index (χ1n) is 6.22. The Hall–Kier alpha value is -0.620. The summed E-state index contributed by atoms with van der Waals surface area (Å²) in [6.45, 7) is 9.54. The van der Waals surface area contributed by atoms with Gasteiger partial charge in [-0.1, -0.05) is 0 Å². The molecule has 0 fully saturated rings. The van der Waals surface area contributed by atoms with Gasteiger partial charge in [0.2, 0.25) is 0 Å². The van der Waals surface area contributed by atoms with Crippen LogP contribution in [0.1, 0.15) is 34.1 Å². The predicted octanol–water partition coefficient (Wildman–Crippen LogP) is 1.26. The van der Waals surface area contributed by atoms with Crippen LogP contribution in [0.15, 0.2) is 0 Å². The van der Waals surface area contributed by atoms with Gasteiger partial charge in [0.25, 0.3) is 0 Å². The van der Waals surface area contributed by atoms with Gasteiger partial charge in [-0.2, -0.15) is 0 Å². The number of carbonyl (C=O) groups is 1. The number of hydrogen-bond donors (Lipinski definition) is 2. The van der Waals surface area contributed by atoms with E-state index in [2.05, 4.69) is 10.6 Å². The predicted molar refractivity (Wildman–Crippen MR) is 75.3 cm³/mol. The molecule has 2 unspecified atom stereocenters. The second-order valence-corrected chi connectivity index (χ2v) is 7.10. The van der Waals surface area contributed by atoms with E-state index in [4.69, 9.17) is 4.74 Å². The third-order valence-corrected chi connectivity index (χ3v) is 3.50. The van der Waals surface area contributed by atoms with Crippen LogP contribution < -0.4 is 10.6 Å². The number of amides is 1. The minimum Gasteiger partial charge on any atom is -0.444 e. The topological polar surface area (TPSA) is 67.4 Å². The number of nitrogens with one attached hydrogen (secondary N) is 2. The van der Waals surface area contributed by atoms with Gasteiger partial charge in [0, 0.05) is 35.4 Å². The summed E-state index contributed by atoms with van der Waals surface area (Å²) in [5.74, 6) is 0. The van der Waals surface area contributed by atoms with Crippen molar-refractivity contribution >= 4 is 16.9 Å². The van der Waals surface area contributed by atoms with Gasteiger partial charge in [0.15, 0.2) is 0 Å². The lowest BCUT2D eigenvalue weighted by atomic mass is 10.2. The molecule has 1 amide bonds. The average molecular weight is 278 g/mol. The molecule has 108 valence electrons. The van der Waals surface area contributed by atoms with Crippen molar-refractivity contribution in [1.82, 2.24) is 10.6 Å². The van der Waals surface area contributed by atoms with E-state index in [9.17, 15) is 9.00 Å². The number of rotatable bonds is 7. The van der Waals surface area contributed by atoms with Gasteiger partial charge >= 0.3 is 6.09 Å². The zero-order valence-electron chi connectivity index (χ0n) is 12.0. The number of carbonyl (C=O) groups excluding carboxylic acids is 1. The summed E-state index contributed by atoms with van der Waals surface area (Å²) in [5, 5.41) is 6.05. The Balaban J connectivity index is 3.46. The molecule has 0 saturated heterocycles. The molecular weight excluding hydrogens is 252 g/mol. The van der Waals surface area contributed by atoms with E-state index in [-0.39, 0.29) is 11.3 Å². The lowest BCUT2D eigenvalue weighted by Gasteiger charge is -2.19. The van der Waals surface area contributed by atoms with Crippen LogP contribution in [-0.2, 0) is 15.5 Å². The van der Waals surface area contributed by atoms with Gasteiger partial charge in [-0.05, 0) is 40.7 Å². The molecule has 0 heterocycles. The van der Waals surface area contributed by atoms with Gasteiger partial charge in [0.1, 0.15) is 5.60 Å². The van der Waals surface area contributed by atoms with Crippen molar-refractivity contribution in [2.75, 3.05) is 25.9 Å². The largest absolute Gasteiger partial charge is 0.444 e. The van der Waals surface area contributed by atoms with Crippen molar-refractivity contribution < 1.29 is 13.7 Å². The Labute approximate surface area is 113 Å². The van der Waals surface area contributed by atoms with Crippen LogP contribution >= 0.6 is 0 Å². The van der Waals surface area contributed by atoms with E-state index in [0.717, 1.165) is 19.5 Å². The molecular formula is C12H26N2O3S. The summed E-state index contributed by atoms with van der Waals surface area (Å²) in [4.78, 5) is 11.3. The molecule has 0 saturated carbocycles. The highest BCUT2D eigenvalue weighted by atomic mass is 32.2. The fourth-order valence-corrected chi connectivity index (χ4v) is 1.49. The summed E-state index contributed by atoms with van der Waals surface area (Å²) in [5.41, 5.74) is -0.455. The van der Waals surface area contributed by atoms with Crippen LogP contribution in [0.3, 0.4) is 0 Å². The summed E-state index contributed by atoms with van der Waals surface area (Å²) in [6, 6.07) is 0. The second kappa shape index (κ2) is 8.48. The SMILES string of the molecule is CC(CNCCCNC(=O)OC(C)(C)C)S(C)=O. The van der Waals surface area contributed by atoms with Crippen molar-refractivity contribution in [2.45, 2.75) is 45.0 Å². The molecule has 0 spiro atoms. The highest BCUT2D eigenvalue weighted by Gasteiger charge is 2.15. The molecule has 0 rings (SSSR count). The minimum absolute atomic E-state index is 0.156. The number of alkyl carbamates (subject to hydrolysis) is 1. The van der Waals surface area contributed by atoms with Crippen molar-refractivity contribution in [2.24, 2.45) is 0 Å². The minimum atomic E-state index is -0.789. The third kappa shape index (κ3) is 10.5. The molecule has 0 radical (unpaired) electrons. The van der Waals surface area contributed by atoms with E-state index < -0.39 is 16.4 Å². The number of ether oxygens (including phenoxy) is 1. The zero-order valence-corrected chi connectivity index (χ0v) is 12.9. The zero-order chi connectivity index (χ0) is 14.2. The molecule has 6 heteroatoms. The fourth-order valence-electron chi connectivity index (χ4n) is 1.14. The van der Waals surface area contributed by atoms with E-state index >= 15 is 0 Å². The van der Waals surface area contributed by atoms with Crippen LogP contribution in [-0.4, -0.2) is 47.0 Å². The molecule has 2 atom stereocenters. The maximum Gasteiger partial charge on any atom is 0.407 e. The molecule has 2 N–H and O–H groups in total. The molecule has 0 aromatic carbocycles. The van der Waals surface area contributed by atoms with E-state index in [1.54, 1.807) is 6.26 Å². The maximum atomic E-state index is 11.3. The van der Waals surface area contributed by atoms with Gasteiger partial charge in [-0.15, -0.1) is 0 Å². The fraction of sp³-hybridized carbons (Fsp3) is 0.917. The van der Waals surface area contributed by atoms with Crippen LogP contribution in [0.2, 0.25) is 0 Å². The van der Waals surface area contributed by atoms with Gasteiger partial charge in [-0.3, -0.25) is 4.21 Å². The highest BCUT2D eigenvalue weighted by molar-refractivity contribution is 7.84. The molecule has 5 nitrogen and oxygen atoms in total.